The fraction of sp³-hybridized carbons (Fsp3) is 0.625. The van der Waals surface area contributed by atoms with Crippen molar-refractivity contribution in [3.8, 4) is 6.07 Å². The molecular formula is C8H11NO2S. The van der Waals surface area contributed by atoms with Crippen molar-refractivity contribution in [3.63, 3.8) is 0 Å². The lowest BCUT2D eigenvalue weighted by molar-refractivity contribution is -0.155. The van der Waals surface area contributed by atoms with E-state index in [1.165, 1.54) is 0 Å². The first-order valence-electron chi connectivity index (χ1n) is 3.48. The molecule has 1 unspecified atom stereocenters. The topological polar surface area (TPSA) is 50.1 Å². The lowest BCUT2D eigenvalue weighted by Gasteiger charge is -2.19. The van der Waals surface area contributed by atoms with Gasteiger partial charge in [-0.2, -0.15) is 5.26 Å². The van der Waals surface area contributed by atoms with Gasteiger partial charge in [-0.3, -0.25) is 4.79 Å². The van der Waals surface area contributed by atoms with Gasteiger partial charge in [0.1, 0.15) is 5.60 Å². The molecule has 0 aliphatic rings. The van der Waals surface area contributed by atoms with Gasteiger partial charge in [0.15, 0.2) is 5.92 Å². The number of rotatable bonds is 2. The van der Waals surface area contributed by atoms with Crippen LogP contribution in [0.5, 0.6) is 0 Å². The number of nitriles is 1. The van der Waals surface area contributed by atoms with Crippen molar-refractivity contribution in [2.24, 2.45) is 5.92 Å². The van der Waals surface area contributed by atoms with E-state index in [1.807, 2.05) is 0 Å². The van der Waals surface area contributed by atoms with Crippen molar-refractivity contribution < 1.29 is 9.53 Å². The summed E-state index contributed by atoms with van der Waals surface area (Å²) < 4.78 is 4.92. The van der Waals surface area contributed by atoms with Gasteiger partial charge in [0.2, 0.25) is 0 Å². The Hall–Kier alpha value is -0.950. The Morgan fingerprint density at radius 2 is 2.17 bits per heavy atom. The van der Waals surface area contributed by atoms with Gasteiger partial charge in [0, 0.05) is 5.37 Å². The van der Waals surface area contributed by atoms with Gasteiger partial charge in [-0.05, 0) is 20.8 Å². The third-order valence-electron chi connectivity index (χ3n) is 0.936. The minimum atomic E-state index is -0.931. The van der Waals surface area contributed by atoms with Crippen LogP contribution in [0, 0.1) is 17.2 Å². The molecule has 0 fully saturated rings. The number of carbonyl (C=O) groups excluding carboxylic acids is 1. The fourth-order valence-corrected chi connectivity index (χ4v) is 0.676. The van der Waals surface area contributed by atoms with E-state index in [1.54, 1.807) is 26.8 Å². The Morgan fingerprint density at radius 3 is 2.42 bits per heavy atom. The maximum Gasteiger partial charge on any atom is 0.328 e. The van der Waals surface area contributed by atoms with Crippen LogP contribution in [0.1, 0.15) is 20.8 Å². The van der Waals surface area contributed by atoms with Crippen molar-refractivity contribution in [1.82, 2.24) is 0 Å². The zero-order valence-corrected chi connectivity index (χ0v) is 8.14. The minimum Gasteiger partial charge on any atom is -0.459 e. The summed E-state index contributed by atoms with van der Waals surface area (Å²) in [5, 5.41) is 9.55. The molecule has 0 heterocycles. The first-order chi connectivity index (χ1) is 5.40. The largest absolute Gasteiger partial charge is 0.459 e. The third kappa shape index (κ3) is 4.04. The lowest BCUT2D eigenvalue weighted by Crippen LogP contribution is -2.28. The Bertz CT molecular complexity index is 224. The average molecular weight is 185 g/mol. The molecule has 0 aromatic rings. The molecule has 4 heteroatoms. The highest BCUT2D eigenvalue weighted by Gasteiger charge is 2.22. The minimum absolute atomic E-state index is 0.565. The summed E-state index contributed by atoms with van der Waals surface area (Å²) in [4.78, 5) is 11.1. The Kier molecular flexibility index (Phi) is 3.84. The van der Waals surface area contributed by atoms with E-state index >= 15 is 0 Å². The van der Waals surface area contributed by atoms with E-state index in [2.05, 4.69) is 12.2 Å². The summed E-state index contributed by atoms with van der Waals surface area (Å²) in [5.74, 6) is -1.51. The van der Waals surface area contributed by atoms with Crippen LogP contribution in [0.3, 0.4) is 0 Å². The number of thiocarbonyl (C=S) groups is 1. The highest BCUT2D eigenvalue weighted by atomic mass is 32.1. The maximum atomic E-state index is 11.1. The van der Waals surface area contributed by atoms with Crippen LogP contribution in [0.4, 0.5) is 0 Å². The Balaban J connectivity index is 4.23. The molecule has 0 aromatic heterocycles. The molecule has 0 radical (unpaired) electrons. The molecule has 0 bridgehead atoms. The SMILES string of the molecule is CC(C)(C)OC(=O)C(C#N)C=S. The second kappa shape index (κ2) is 4.17. The number of esters is 1. The molecule has 0 saturated carbocycles. The van der Waals surface area contributed by atoms with Crippen molar-refractivity contribution >= 4 is 23.6 Å². The van der Waals surface area contributed by atoms with Gasteiger partial charge in [-0.1, -0.05) is 12.2 Å². The maximum absolute atomic E-state index is 11.1. The van der Waals surface area contributed by atoms with Crippen LogP contribution in [0.15, 0.2) is 0 Å². The normalized spacial score (nSPS) is 12.8. The van der Waals surface area contributed by atoms with Gasteiger partial charge in [0.25, 0.3) is 0 Å². The number of ether oxygens (including phenoxy) is 1. The molecule has 0 saturated heterocycles. The van der Waals surface area contributed by atoms with Gasteiger partial charge in [0.05, 0.1) is 6.07 Å². The van der Waals surface area contributed by atoms with Crippen LogP contribution in [0.2, 0.25) is 0 Å². The first-order valence-corrected chi connectivity index (χ1v) is 3.95. The van der Waals surface area contributed by atoms with Gasteiger partial charge in [-0.25, -0.2) is 0 Å². The Morgan fingerprint density at radius 1 is 1.67 bits per heavy atom. The van der Waals surface area contributed by atoms with Crippen molar-refractivity contribution in [2.45, 2.75) is 26.4 Å². The number of nitrogens with zero attached hydrogens (tertiary/aromatic N) is 1. The molecule has 0 spiro atoms. The van der Waals surface area contributed by atoms with Crippen LogP contribution in [-0.2, 0) is 9.53 Å². The average Bonchev–Trinajstić information content (AvgIpc) is 1.85. The van der Waals surface area contributed by atoms with Crippen LogP contribution < -0.4 is 0 Å². The number of hydrogen-bond acceptors (Lipinski definition) is 4. The fourth-order valence-electron chi connectivity index (χ4n) is 0.504. The molecule has 0 aliphatic heterocycles. The predicted octanol–water partition coefficient (Wildman–Crippen LogP) is 1.47. The van der Waals surface area contributed by atoms with Gasteiger partial charge < -0.3 is 4.74 Å². The molecule has 3 nitrogen and oxygen atoms in total. The monoisotopic (exact) mass is 185 g/mol. The number of carbonyl (C=O) groups is 1. The summed E-state index contributed by atoms with van der Waals surface area (Å²) in [6.07, 6.45) is 0. The molecule has 12 heavy (non-hydrogen) atoms. The molecule has 0 aromatic carbocycles. The van der Waals surface area contributed by atoms with E-state index in [9.17, 15) is 4.79 Å². The molecule has 0 rings (SSSR count). The second-order valence-electron chi connectivity index (χ2n) is 3.28. The summed E-state index contributed by atoms with van der Waals surface area (Å²) in [6, 6.07) is 1.74. The van der Waals surface area contributed by atoms with Crippen molar-refractivity contribution in [1.29, 1.82) is 5.26 Å². The molecule has 0 N–H and O–H groups in total. The summed E-state index contributed by atoms with van der Waals surface area (Å²) in [5.41, 5.74) is -0.565. The molecule has 1 atom stereocenters. The Labute approximate surface area is 77.3 Å². The van der Waals surface area contributed by atoms with Crippen LogP contribution >= 0.6 is 12.2 Å². The zero-order chi connectivity index (χ0) is 9.78. The van der Waals surface area contributed by atoms with Gasteiger partial charge in [-0.15, -0.1) is 0 Å². The predicted molar refractivity (Wildman–Crippen MR) is 48.6 cm³/mol. The molecular weight excluding hydrogens is 174 g/mol. The summed E-state index contributed by atoms with van der Waals surface area (Å²) >= 11 is 4.49. The van der Waals surface area contributed by atoms with E-state index in [0.717, 1.165) is 5.37 Å². The zero-order valence-electron chi connectivity index (χ0n) is 7.33. The highest BCUT2D eigenvalue weighted by Crippen LogP contribution is 2.09. The van der Waals surface area contributed by atoms with Crippen molar-refractivity contribution in [3.05, 3.63) is 0 Å². The van der Waals surface area contributed by atoms with Crippen molar-refractivity contribution in [2.75, 3.05) is 0 Å². The quantitative estimate of drug-likeness (QED) is 0.483. The highest BCUT2D eigenvalue weighted by molar-refractivity contribution is 7.79. The van der Waals surface area contributed by atoms with E-state index in [4.69, 9.17) is 10.00 Å². The van der Waals surface area contributed by atoms with Crippen LogP contribution in [0.25, 0.3) is 0 Å². The van der Waals surface area contributed by atoms with E-state index in [-0.39, 0.29) is 0 Å². The van der Waals surface area contributed by atoms with E-state index in [0.29, 0.717) is 0 Å². The second-order valence-corrected chi connectivity index (χ2v) is 3.55. The van der Waals surface area contributed by atoms with Crippen LogP contribution in [-0.4, -0.2) is 16.9 Å². The van der Waals surface area contributed by atoms with Gasteiger partial charge >= 0.3 is 5.97 Å². The lowest BCUT2D eigenvalue weighted by atomic mass is 10.1. The van der Waals surface area contributed by atoms with E-state index < -0.39 is 17.5 Å². The standard InChI is InChI=1S/C8H11NO2S/c1-8(2,3)11-7(10)6(4-9)5-12/h5-6H,1-3H3. The first kappa shape index (κ1) is 11.1. The molecule has 0 aliphatic carbocycles. The number of hydrogen-bond donors (Lipinski definition) is 0. The molecule has 66 valence electrons. The smallest absolute Gasteiger partial charge is 0.328 e. The summed E-state index contributed by atoms with van der Waals surface area (Å²) in [6.45, 7) is 5.22. The molecule has 0 amide bonds. The summed E-state index contributed by atoms with van der Waals surface area (Å²) in [7, 11) is 0. The third-order valence-corrected chi connectivity index (χ3v) is 1.21.